The Bertz CT molecular complexity index is 1260. The molecule has 28 heavy (non-hydrogen) atoms. The van der Waals surface area contributed by atoms with Crippen LogP contribution in [0.3, 0.4) is 0 Å². The van der Waals surface area contributed by atoms with E-state index in [1.54, 1.807) is 12.1 Å². The van der Waals surface area contributed by atoms with Crippen LogP contribution in [0.15, 0.2) is 79.0 Å². The monoisotopic (exact) mass is 367 g/mol. The highest BCUT2D eigenvalue weighted by molar-refractivity contribution is 5.98. The van der Waals surface area contributed by atoms with Gasteiger partial charge in [0, 0.05) is 29.3 Å². The second-order valence-electron chi connectivity index (χ2n) is 7.08. The largest absolute Gasteiger partial charge is 0.342 e. The fourth-order valence-electron chi connectivity index (χ4n) is 3.73. The number of aryl methyl sites for hydroxylation is 1. The lowest BCUT2D eigenvalue weighted by molar-refractivity contribution is 0.624. The molecule has 0 saturated carbocycles. The lowest BCUT2D eigenvalue weighted by Crippen LogP contribution is -2.04. The quantitative estimate of drug-likeness (QED) is 0.410. The summed E-state index contributed by atoms with van der Waals surface area (Å²) < 4.78 is 15.9. The van der Waals surface area contributed by atoms with E-state index in [9.17, 15) is 4.39 Å². The zero-order chi connectivity index (χ0) is 19.1. The van der Waals surface area contributed by atoms with Crippen LogP contribution in [0.5, 0.6) is 0 Å². The first-order valence-electron chi connectivity index (χ1n) is 9.25. The van der Waals surface area contributed by atoms with Crippen molar-refractivity contribution in [3.8, 4) is 22.5 Å². The van der Waals surface area contributed by atoms with Crippen LogP contribution in [0.1, 0.15) is 11.1 Å². The summed E-state index contributed by atoms with van der Waals surface area (Å²) in [7, 11) is 0. The Morgan fingerprint density at radius 2 is 1.68 bits per heavy atom. The highest BCUT2D eigenvalue weighted by Gasteiger charge is 2.20. The average Bonchev–Trinajstić information content (AvgIpc) is 3.13. The molecule has 0 amide bonds. The van der Waals surface area contributed by atoms with E-state index >= 15 is 0 Å². The normalized spacial score (nSPS) is 11.4. The van der Waals surface area contributed by atoms with Gasteiger partial charge in [0.25, 0.3) is 0 Å². The maximum atomic E-state index is 13.7. The van der Waals surface area contributed by atoms with Crippen LogP contribution in [0, 0.1) is 12.7 Å². The zero-order valence-corrected chi connectivity index (χ0v) is 15.4. The molecule has 0 spiro atoms. The van der Waals surface area contributed by atoms with E-state index in [2.05, 4.69) is 46.1 Å². The van der Waals surface area contributed by atoms with Gasteiger partial charge in [-0.15, -0.1) is 10.2 Å². The Hall–Kier alpha value is -3.53. The fourth-order valence-corrected chi connectivity index (χ4v) is 3.73. The zero-order valence-electron chi connectivity index (χ0n) is 15.4. The summed E-state index contributed by atoms with van der Waals surface area (Å²) in [4.78, 5) is 0. The van der Waals surface area contributed by atoms with Crippen molar-refractivity contribution < 1.29 is 4.39 Å². The Labute approximate surface area is 162 Å². The van der Waals surface area contributed by atoms with E-state index in [0.717, 1.165) is 39.0 Å². The Morgan fingerprint density at radius 3 is 2.50 bits per heavy atom. The van der Waals surface area contributed by atoms with Gasteiger partial charge in [0.15, 0.2) is 0 Å². The van der Waals surface area contributed by atoms with Crippen LogP contribution >= 0.6 is 0 Å². The molecule has 0 atom stereocenters. The summed E-state index contributed by atoms with van der Waals surface area (Å²) in [5.74, 6) is -0.221. The van der Waals surface area contributed by atoms with Gasteiger partial charge in [-0.05, 0) is 36.8 Å². The van der Waals surface area contributed by atoms with Gasteiger partial charge in [0.1, 0.15) is 17.2 Å². The molecule has 136 valence electrons. The molecule has 3 nitrogen and oxygen atoms in total. The maximum absolute atomic E-state index is 13.7. The third kappa shape index (κ3) is 2.83. The summed E-state index contributed by atoms with van der Waals surface area (Å²) in [6.07, 6.45) is 2.08. The van der Waals surface area contributed by atoms with Crippen molar-refractivity contribution in [3.05, 3.63) is 95.9 Å². The SMILES string of the molecule is Cc1ccc2c(c1)c1nnc(-c3ccccc3)c-1cn2Cc1cccc(F)c1. The molecule has 2 aliphatic heterocycles. The van der Waals surface area contributed by atoms with Crippen LogP contribution in [0.4, 0.5) is 4.39 Å². The number of halogens is 1. The fraction of sp³-hybridized carbons (Fsp3) is 0.0833. The molecule has 0 aromatic heterocycles. The number of nitrogens with zero attached hydrogens (tertiary/aromatic N) is 3. The first kappa shape index (κ1) is 16.6. The molecule has 0 unspecified atom stereocenters. The van der Waals surface area contributed by atoms with Crippen LogP contribution in [-0.4, -0.2) is 14.8 Å². The van der Waals surface area contributed by atoms with Gasteiger partial charge in [0.05, 0.1) is 5.52 Å². The molecule has 0 radical (unpaired) electrons. The second kappa shape index (κ2) is 6.57. The summed E-state index contributed by atoms with van der Waals surface area (Å²) in [6, 6.07) is 23.1. The molecule has 0 saturated heterocycles. The first-order valence-corrected chi connectivity index (χ1v) is 9.25. The standard InChI is InChI=1S/C24H18FN3/c1-16-10-11-22-20(12-16)24-21(23(26-27-24)18-7-3-2-4-8-18)15-28(22)14-17-6-5-9-19(25)13-17/h2-13,15H,14H2,1H3. The van der Waals surface area contributed by atoms with Gasteiger partial charge in [0.2, 0.25) is 0 Å². The van der Waals surface area contributed by atoms with Crippen molar-refractivity contribution >= 4 is 10.9 Å². The maximum Gasteiger partial charge on any atom is 0.123 e. The molecular formula is C24H18FN3. The smallest absolute Gasteiger partial charge is 0.123 e. The van der Waals surface area contributed by atoms with E-state index in [1.807, 2.05) is 36.4 Å². The second-order valence-corrected chi connectivity index (χ2v) is 7.08. The number of aromatic nitrogens is 3. The highest BCUT2D eigenvalue weighted by Crippen LogP contribution is 2.36. The van der Waals surface area contributed by atoms with Crippen molar-refractivity contribution in [3.63, 3.8) is 0 Å². The van der Waals surface area contributed by atoms with Gasteiger partial charge >= 0.3 is 0 Å². The number of rotatable bonds is 3. The van der Waals surface area contributed by atoms with Gasteiger partial charge in [-0.2, -0.15) is 0 Å². The summed E-state index contributed by atoms with van der Waals surface area (Å²) >= 11 is 0. The van der Waals surface area contributed by atoms with E-state index in [4.69, 9.17) is 0 Å². The van der Waals surface area contributed by atoms with E-state index in [1.165, 1.54) is 11.6 Å². The predicted octanol–water partition coefficient (Wildman–Crippen LogP) is 5.70. The van der Waals surface area contributed by atoms with Gasteiger partial charge in [-0.1, -0.05) is 54.1 Å². The molecule has 2 aliphatic rings. The van der Waals surface area contributed by atoms with Crippen molar-refractivity contribution in [2.24, 2.45) is 0 Å². The lowest BCUT2D eigenvalue weighted by Gasteiger charge is -2.16. The van der Waals surface area contributed by atoms with Gasteiger partial charge in [-0.25, -0.2) is 4.39 Å². The topological polar surface area (TPSA) is 30.7 Å². The number of fused-ring (bicyclic) bond motifs is 3. The first-order chi connectivity index (χ1) is 13.7. The molecule has 0 bridgehead atoms. The predicted molar refractivity (Wildman–Crippen MR) is 110 cm³/mol. The summed E-state index contributed by atoms with van der Waals surface area (Å²) in [5.41, 5.74) is 6.94. The Morgan fingerprint density at radius 1 is 0.857 bits per heavy atom. The van der Waals surface area contributed by atoms with Crippen LogP contribution < -0.4 is 0 Å². The number of hydrogen-bond donors (Lipinski definition) is 0. The summed E-state index contributed by atoms with van der Waals surface area (Å²) in [6.45, 7) is 2.65. The third-order valence-electron chi connectivity index (χ3n) is 5.05. The van der Waals surface area contributed by atoms with Crippen molar-refractivity contribution in [2.75, 3.05) is 0 Å². The summed E-state index contributed by atoms with van der Waals surface area (Å²) in [5, 5.41) is 10.0. The van der Waals surface area contributed by atoms with Crippen LogP contribution in [0.2, 0.25) is 0 Å². The van der Waals surface area contributed by atoms with Crippen molar-refractivity contribution in [2.45, 2.75) is 13.5 Å². The highest BCUT2D eigenvalue weighted by atomic mass is 19.1. The van der Waals surface area contributed by atoms with Crippen LogP contribution in [-0.2, 0) is 6.54 Å². The molecule has 2 heterocycles. The molecule has 3 aromatic carbocycles. The van der Waals surface area contributed by atoms with E-state index in [0.29, 0.717) is 6.54 Å². The number of benzene rings is 3. The molecule has 5 rings (SSSR count). The minimum absolute atomic E-state index is 0.221. The minimum atomic E-state index is -0.221. The van der Waals surface area contributed by atoms with Crippen molar-refractivity contribution in [1.82, 2.24) is 14.8 Å². The van der Waals surface area contributed by atoms with Gasteiger partial charge < -0.3 is 4.57 Å². The molecule has 0 aliphatic carbocycles. The molecule has 3 aromatic rings. The number of hydrogen-bond acceptors (Lipinski definition) is 2. The van der Waals surface area contributed by atoms with E-state index < -0.39 is 0 Å². The molecule has 0 fully saturated rings. The third-order valence-corrected chi connectivity index (χ3v) is 5.05. The number of pyridine rings is 1. The van der Waals surface area contributed by atoms with Crippen LogP contribution in [0.25, 0.3) is 33.4 Å². The minimum Gasteiger partial charge on any atom is -0.342 e. The average molecular weight is 367 g/mol. The van der Waals surface area contributed by atoms with Crippen molar-refractivity contribution in [1.29, 1.82) is 0 Å². The van der Waals surface area contributed by atoms with Gasteiger partial charge in [-0.3, -0.25) is 0 Å². The lowest BCUT2D eigenvalue weighted by atomic mass is 10.0. The molecule has 4 heteroatoms. The Kier molecular flexibility index (Phi) is 3.90. The molecular weight excluding hydrogens is 349 g/mol. The molecule has 0 N–H and O–H groups in total. The van der Waals surface area contributed by atoms with E-state index in [-0.39, 0.29) is 5.82 Å². The Balaban J connectivity index is 1.76.